The van der Waals surface area contributed by atoms with E-state index in [1.54, 1.807) is 12.4 Å². The van der Waals surface area contributed by atoms with Gasteiger partial charge in [-0.25, -0.2) is 0 Å². The van der Waals surface area contributed by atoms with Crippen molar-refractivity contribution >= 4 is 12.4 Å². The molecule has 0 fully saturated rings. The van der Waals surface area contributed by atoms with Crippen molar-refractivity contribution in [2.24, 2.45) is 4.99 Å². The normalized spacial score (nSPS) is 8.50. The lowest BCUT2D eigenvalue weighted by Gasteiger charge is -1.84. The van der Waals surface area contributed by atoms with Crippen LogP contribution in [-0.2, 0) is 0 Å². The third kappa shape index (κ3) is 0.904. The van der Waals surface area contributed by atoms with Crippen molar-refractivity contribution in [2.45, 2.75) is 0 Å². The Bertz CT molecular complexity index is 169. The van der Waals surface area contributed by atoms with Crippen molar-refractivity contribution in [1.82, 2.24) is 4.98 Å². The van der Waals surface area contributed by atoms with Gasteiger partial charge in [0.05, 0.1) is 11.9 Å². The van der Waals surface area contributed by atoms with Gasteiger partial charge in [0.15, 0.2) is 0 Å². The van der Waals surface area contributed by atoms with Gasteiger partial charge in [-0.15, -0.1) is 0 Å². The predicted octanol–water partition coefficient (Wildman–Crippen LogP) is 1.41. The molecule has 1 heterocycles. The molecule has 0 aromatic carbocycles. The second-order valence-corrected chi connectivity index (χ2v) is 1.37. The molecule has 2 heteroatoms. The summed E-state index contributed by atoms with van der Waals surface area (Å²) in [7, 11) is 0. The molecule has 1 aromatic rings. The highest BCUT2D eigenvalue weighted by Gasteiger charge is 1.78. The van der Waals surface area contributed by atoms with Crippen molar-refractivity contribution in [2.75, 3.05) is 0 Å². The summed E-state index contributed by atoms with van der Waals surface area (Å²) in [6, 6.07) is 3.67. The highest BCUT2D eigenvalue weighted by atomic mass is 14.7. The molecule has 0 unspecified atom stereocenters. The number of rotatable bonds is 1. The van der Waals surface area contributed by atoms with Crippen LogP contribution in [0.1, 0.15) is 0 Å². The van der Waals surface area contributed by atoms with Crippen LogP contribution in [-0.4, -0.2) is 11.7 Å². The Morgan fingerprint density at radius 3 is 2.88 bits per heavy atom. The number of hydrogen-bond acceptors (Lipinski definition) is 2. The summed E-state index contributed by atoms with van der Waals surface area (Å²) in [4.78, 5) is 7.48. The molecule has 0 N–H and O–H groups in total. The first-order chi connectivity index (χ1) is 3.93. The molecular formula is C6H6N2. The third-order valence-electron chi connectivity index (χ3n) is 0.828. The average Bonchev–Trinajstić information content (AvgIpc) is 1.90. The zero-order chi connectivity index (χ0) is 5.82. The van der Waals surface area contributed by atoms with E-state index < -0.39 is 0 Å². The van der Waals surface area contributed by atoms with Crippen LogP contribution in [0.5, 0.6) is 0 Å². The fraction of sp³-hybridized carbons (Fsp3) is 0. The highest BCUT2D eigenvalue weighted by Crippen LogP contribution is 2.04. The standard InChI is InChI=1S/C6H6N2/c1-7-6-3-2-4-8-5-6/h2-5H,1H2. The van der Waals surface area contributed by atoms with Crippen molar-refractivity contribution in [3.63, 3.8) is 0 Å². The van der Waals surface area contributed by atoms with E-state index in [4.69, 9.17) is 0 Å². The number of hydrogen-bond donors (Lipinski definition) is 0. The minimum atomic E-state index is 0.813. The SMILES string of the molecule is C=Nc1cccnc1. The van der Waals surface area contributed by atoms with Crippen LogP contribution in [0.3, 0.4) is 0 Å². The van der Waals surface area contributed by atoms with Crippen LogP contribution in [0.4, 0.5) is 5.69 Å². The van der Waals surface area contributed by atoms with Gasteiger partial charge in [0.1, 0.15) is 0 Å². The fourth-order valence-corrected chi connectivity index (χ4v) is 0.447. The van der Waals surface area contributed by atoms with Crippen LogP contribution in [0.2, 0.25) is 0 Å². The van der Waals surface area contributed by atoms with E-state index >= 15 is 0 Å². The Morgan fingerprint density at radius 1 is 1.62 bits per heavy atom. The Labute approximate surface area is 47.9 Å². The summed E-state index contributed by atoms with van der Waals surface area (Å²) in [6.45, 7) is 3.34. The zero-order valence-corrected chi connectivity index (χ0v) is 4.41. The van der Waals surface area contributed by atoms with E-state index in [2.05, 4.69) is 16.7 Å². The monoisotopic (exact) mass is 106 g/mol. The van der Waals surface area contributed by atoms with E-state index in [1.807, 2.05) is 12.1 Å². The first-order valence-corrected chi connectivity index (χ1v) is 2.30. The molecule has 1 aromatic heterocycles. The molecule has 0 atom stereocenters. The predicted molar refractivity (Wildman–Crippen MR) is 33.4 cm³/mol. The number of pyridine rings is 1. The van der Waals surface area contributed by atoms with Gasteiger partial charge >= 0.3 is 0 Å². The summed E-state index contributed by atoms with van der Waals surface area (Å²) in [5.74, 6) is 0. The minimum Gasteiger partial charge on any atom is -0.263 e. The molecule has 1 rings (SSSR count). The summed E-state index contributed by atoms with van der Waals surface area (Å²) < 4.78 is 0. The lowest BCUT2D eigenvalue weighted by Crippen LogP contribution is -1.64. The Hall–Kier alpha value is -1.18. The summed E-state index contributed by atoms with van der Waals surface area (Å²) in [5.41, 5.74) is 0.813. The van der Waals surface area contributed by atoms with Gasteiger partial charge in [0.25, 0.3) is 0 Å². The lowest BCUT2D eigenvalue weighted by molar-refractivity contribution is 1.31. The second-order valence-electron chi connectivity index (χ2n) is 1.37. The van der Waals surface area contributed by atoms with Crippen molar-refractivity contribution in [1.29, 1.82) is 0 Å². The molecule has 0 amide bonds. The molecular weight excluding hydrogens is 100 g/mol. The molecule has 40 valence electrons. The number of aromatic nitrogens is 1. The zero-order valence-electron chi connectivity index (χ0n) is 4.41. The maximum atomic E-state index is 3.82. The van der Waals surface area contributed by atoms with E-state index in [0.29, 0.717) is 0 Å². The fourth-order valence-electron chi connectivity index (χ4n) is 0.447. The Kier molecular flexibility index (Phi) is 1.37. The maximum Gasteiger partial charge on any atom is 0.0805 e. The molecule has 0 radical (unpaired) electrons. The van der Waals surface area contributed by atoms with E-state index in [9.17, 15) is 0 Å². The molecule has 0 saturated heterocycles. The molecule has 0 bridgehead atoms. The van der Waals surface area contributed by atoms with Gasteiger partial charge in [0.2, 0.25) is 0 Å². The van der Waals surface area contributed by atoms with E-state index in [-0.39, 0.29) is 0 Å². The Morgan fingerprint density at radius 2 is 2.50 bits per heavy atom. The van der Waals surface area contributed by atoms with Crippen LogP contribution >= 0.6 is 0 Å². The van der Waals surface area contributed by atoms with Crippen molar-refractivity contribution in [3.05, 3.63) is 24.5 Å². The molecule has 0 spiro atoms. The smallest absolute Gasteiger partial charge is 0.0805 e. The molecule has 0 aliphatic heterocycles. The molecule has 2 nitrogen and oxygen atoms in total. The van der Waals surface area contributed by atoms with Crippen LogP contribution in [0, 0.1) is 0 Å². The minimum absolute atomic E-state index is 0.813. The van der Waals surface area contributed by atoms with Gasteiger partial charge < -0.3 is 0 Å². The maximum absolute atomic E-state index is 3.82. The largest absolute Gasteiger partial charge is 0.263 e. The van der Waals surface area contributed by atoms with Gasteiger partial charge in [-0.3, -0.25) is 9.98 Å². The van der Waals surface area contributed by atoms with Crippen molar-refractivity contribution < 1.29 is 0 Å². The Balaban J connectivity index is 2.99. The third-order valence-corrected chi connectivity index (χ3v) is 0.828. The van der Waals surface area contributed by atoms with Crippen LogP contribution < -0.4 is 0 Å². The lowest BCUT2D eigenvalue weighted by atomic mass is 10.4. The first-order valence-electron chi connectivity index (χ1n) is 2.30. The quantitative estimate of drug-likeness (QED) is 0.497. The van der Waals surface area contributed by atoms with E-state index in [1.165, 1.54) is 0 Å². The summed E-state index contributed by atoms with van der Waals surface area (Å²) in [5, 5.41) is 0. The average molecular weight is 106 g/mol. The topological polar surface area (TPSA) is 25.2 Å². The first kappa shape index (κ1) is 4.97. The highest BCUT2D eigenvalue weighted by molar-refractivity contribution is 5.42. The molecule has 0 aliphatic rings. The van der Waals surface area contributed by atoms with Gasteiger partial charge in [0, 0.05) is 6.20 Å². The van der Waals surface area contributed by atoms with Crippen molar-refractivity contribution in [3.8, 4) is 0 Å². The van der Waals surface area contributed by atoms with Gasteiger partial charge in [-0.2, -0.15) is 0 Å². The molecule has 0 saturated carbocycles. The number of aliphatic imine (C=N–C) groups is 1. The second kappa shape index (κ2) is 2.21. The summed E-state index contributed by atoms with van der Waals surface area (Å²) >= 11 is 0. The number of nitrogens with zero attached hydrogens (tertiary/aromatic N) is 2. The van der Waals surface area contributed by atoms with Gasteiger partial charge in [-0.1, -0.05) is 0 Å². The summed E-state index contributed by atoms with van der Waals surface area (Å²) in [6.07, 6.45) is 3.36. The van der Waals surface area contributed by atoms with Crippen LogP contribution in [0.25, 0.3) is 0 Å². The van der Waals surface area contributed by atoms with Gasteiger partial charge in [-0.05, 0) is 18.9 Å². The molecule has 8 heavy (non-hydrogen) atoms. The van der Waals surface area contributed by atoms with E-state index in [0.717, 1.165) is 5.69 Å². The molecule has 0 aliphatic carbocycles. The van der Waals surface area contributed by atoms with Crippen LogP contribution in [0.15, 0.2) is 29.5 Å².